The van der Waals surface area contributed by atoms with Crippen molar-refractivity contribution in [3.8, 4) is 0 Å². The van der Waals surface area contributed by atoms with Crippen LogP contribution in [0.25, 0.3) is 0 Å². The van der Waals surface area contributed by atoms with Crippen molar-refractivity contribution in [2.75, 3.05) is 29.0 Å². The number of hydrogen-bond acceptors (Lipinski definition) is 6. The highest BCUT2D eigenvalue weighted by Crippen LogP contribution is 2.62. The van der Waals surface area contributed by atoms with Crippen molar-refractivity contribution in [3.05, 3.63) is 53.6 Å². The molecule has 3 fully saturated rings. The minimum absolute atomic E-state index is 0.0115. The molecule has 3 saturated carbocycles. The van der Waals surface area contributed by atoms with Crippen LogP contribution in [0.2, 0.25) is 0 Å². The number of sulfonamides is 2. The van der Waals surface area contributed by atoms with Crippen molar-refractivity contribution in [1.29, 1.82) is 0 Å². The quantitative estimate of drug-likeness (QED) is 0.444. The molecule has 0 radical (unpaired) electrons. The van der Waals surface area contributed by atoms with E-state index in [4.69, 9.17) is 0 Å². The third-order valence-electron chi connectivity index (χ3n) is 9.18. The van der Waals surface area contributed by atoms with E-state index in [0.29, 0.717) is 17.6 Å². The normalized spacial score (nSPS) is 22.1. The molecule has 9 nitrogen and oxygen atoms in total. The molecule has 2 spiro atoms. The number of nitrogens with zero attached hydrogens (tertiary/aromatic N) is 1. The van der Waals surface area contributed by atoms with E-state index in [-0.39, 0.29) is 34.3 Å². The van der Waals surface area contributed by atoms with Crippen molar-refractivity contribution in [3.63, 3.8) is 0 Å². The van der Waals surface area contributed by atoms with Gasteiger partial charge in [-0.1, -0.05) is 6.07 Å². The number of rotatable bonds is 8. The van der Waals surface area contributed by atoms with Crippen LogP contribution in [0.5, 0.6) is 0 Å². The maximum absolute atomic E-state index is 13.9. The second-order valence-corrected chi connectivity index (χ2v) is 15.5. The maximum atomic E-state index is 13.9. The molecule has 1 amide bonds. The fourth-order valence-corrected chi connectivity index (χ4v) is 8.39. The molecule has 1 atom stereocenters. The summed E-state index contributed by atoms with van der Waals surface area (Å²) in [6.45, 7) is 0.204. The van der Waals surface area contributed by atoms with Gasteiger partial charge in [0.2, 0.25) is 20.0 Å². The van der Waals surface area contributed by atoms with Crippen LogP contribution in [0.3, 0.4) is 0 Å². The summed E-state index contributed by atoms with van der Waals surface area (Å²) in [5, 5.41) is 9.64. The molecule has 6 rings (SSSR count). The Kier molecular flexibility index (Phi) is 6.37. The largest absolute Gasteiger partial charge is 0.395 e. The first kappa shape index (κ1) is 26.7. The molecular weight excluding hydrogens is 538 g/mol. The van der Waals surface area contributed by atoms with Gasteiger partial charge in [0, 0.05) is 34.9 Å². The molecule has 1 heterocycles. The number of fused-ring (bicyclic) bond motifs is 2. The summed E-state index contributed by atoms with van der Waals surface area (Å²) in [4.78, 5) is 15.6. The first-order chi connectivity index (χ1) is 18.4. The standard InChI is InChI=1S/C28H35N3O6S2/c1-38(34,35)29-21-7-8-25-23(16-21)28(13-11-27(9-10-27)12-14-28)18-31(25)26(33)20-3-2-4-22(15-20)39(36,37)30-24(17-32)19-5-6-19/h2-4,7-8,15-16,19,24,29-30,32H,5-6,9-14,17-18H2,1H3. The van der Waals surface area contributed by atoms with Crippen LogP contribution < -0.4 is 14.3 Å². The Morgan fingerprint density at radius 1 is 1.03 bits per heavy atom. The summed E-state index contributed by atoms with van der Waals surface area (Å²) in [7, 11) is -7.38. The lowest BCUT2D eigenvalue weighted by molar-refractivity contribution is 0.0980. The molecular formula is C28H35N3O6S2. The highest BCUT2D eigenvalue weighted by atomic mass is 32.2. The van der Waals surface area contributed by atoms with E-state index < -0.39 is 26.1 Å². The van der Waals surface area contributed by atoms with Crippen molar-refractivity contribution < 1.29 is 26.7 Å². The Labute approximate surface area is 230 Å². The second-order valence-electron chi connectivity index (χ2n) is 12.1. The van der Waals surface area contributed by atoms with E-state index in [1.54, 1.807) is 29.2 Å². The Hall–Kier alpha value is -2.47. The molecule has 11 heteroatoms. The second kappa shape index (κ2) is 9.29. The van der Waals surface area contributed by atoms with Crippen LogP contribution >= 0.6 is 0 Å². The van der Waals surface area contributed by atoms with Crippen LogP contribution in [-0.4, -0.2) is 53.3 Å². The number of benzene rings is 2. The fourth-order valence-electron chi connectivity index (χ4n) is 6.49. The summed E-state index contributed by atoms with van der Waals surface area (Å²) in [5.74, 6) is -0.152. The predicted molar refractivity (Wildman–Crippen MR) is 149 cm³/mol. The minimum Gasteiger partial charge on any atom is -0.395 e. The van der Waals surface area contributed by atoms with Crippen molar-refractivity contribution in [2.45, 2.75) is 67.7 Å². The highest BCUT2D eigenvalue weighted by molar-refractivity contribution is 7.92. The van der Waals surface area contributed by atoms with E-state index >= 15 is 0 Å². The zero-order valence-electron chi connectivity index (χ0n) is 22.0. The topological polar surface area (TPSA) is 133 Å². The van der Waals surface area contributed by atoms with Crippen LogP contribution in [0.4, 0.5) is 11.4 Å². The van der Waals surface area contributed by atoms with Gasteiger partial charge in [0.25, 0.3) is 5.91 Å². The number of amides is 1. The summed E-state index contributed by atoms with van der Waals surface area (Å²) in [6.07, 6.45) is 9.41. The fraction of sp³-hybridized carbons (Fsp3) is 0.536. The van der Waals surface area contributed by atoms with E-state index in [1.807, 2.05) is 6.07 Å². The predicted octanol–water partition coefficient (Wildman–Crippen LogP) is 3.36. The molecule has 0 bridgehead atoms. The van der Waals surface area contributed by atoms with Crippen LogP contribution in [0, 0.1) is 11.3 Å². The lowest BCUT2D eigenvalue weighted by Crippen LogP contribution is -2.40. The van der Waals surface area contributed by atoms with Gasteiger partial charge in [-0.15, -0.1) is 0 Å². The van der Waals surface area contributed by atoms with Gasteiger partial charge in [-0.25, -0.2) is 21.6 Å². The third kappa shape index (κ3) is 5.21. The number of aliphatic hydroxyl groups is 1. The van der Waals surface area contributed by atoms with Crippen LogP contribution in [-0.2, 0) is 25.5 Å². The molecule has 39 heavy (non-hydrogen) atoms. The molecule has 3 aliphatic carbocycles. The smallest absolute Gasteiger partial charge is 0.258 e. The molecule has 2 aromatic rings. The first-order valence-electron chi connectivity index (χ1n) is 13.6. The molecule has 3 N–H and O–H groups in total. The molecule has 1 aliphatic heterocycles. The third-order valence-corrected chi connectivity index (χ3v) is 11.3. The number of nitrogens with one attached hydrogen (secondary N) is 2. The molecule has 1 unspecified atom stereocenters. The number of anilines is 2. The minimum atomic E-state index is -3.92. The number of carbonyl (C=O) groups excluding carboxylic acids is 1. The van der Waals surface area contributed by atoms with Crippen LogP contribution in [0.15, 0.2) is 47.4 Å². The number of carbonyl (C=O) groups is 1. The first-order valence-corrected chi connectivity index (χ1v) is 17.0. The van der Waals surface area contributed by atoms with E-state index in [0.717, 1.165) is 56.0 Å². The van der Waals surface area contributed by atoms with Gasteiger partial charge >= 0.3 is 0 Å². The SMILES string of the molecule is CS(=O)(=O)Nc1ccc2c(c1)C1(CCC3(CC3)CC1)CN2C(=O)c1cccc(S(=O)(=O)NC(CO)C2CC2)c1. The average Bonchev–Trinajstić information content (AvgIpc) is 3.83. The molecule has 2 aromatic carbocycles. The number of aliphatic hydroxyl groups excluding tert-OH is 1. The number of hydrogen-bond donors (Lipinski definition) is 3. The highest BCUT2D eigenvalue weighted by Gasteiger charge is 2.53. The lowest BCUT2D eigenvalue weighted by Gasteiger charge is -2.38. The summed E-state index contributed by atoms with van der Waals surface area (Å²) in [6, 6.07) is 10.8. The molecule has 0 saturated heterocycles. The Morgan fingerprint density at radius 3 is 2.33 bits per heavy atom. The summed E-state index contributed by atoms with van der Waals surface area (Å²) < 4.78 is 55.2. The van der Waals surface area contributed by atoms with E-state index in [2.05, 4.69) is 9.44 Å². The molecule has 4 aliphatic rings. The summed E-state index contributed by atoms with van der Waals surface area (Å²) >= 11 is 0. The lowest BCUT2D eigenvalue weighted by atomic mass is 9.66. The van der Waals surface area contributed by atoms with Gasteiger partial charge < -0.3 is 10.0 Å². The van der Waals surface area contributed by atoms with Gasteiger partial charge in [-0.3, -0.25) is 9.52 Å². The summed E-state index contributed by atoms with van der Waals surface area (Å²) in [5.41, 5.74) is 2.63. The van der Waals surface area contributed by atoms with Gasteiger partial charge in [-0.2, -0.15) is 0 Å². The Balaban J connectivity index is 1.31. The zero-order chi connectivity index (χ0) is 27.6. The van der Waals surface area contributed by atoms with Gasteiger partial charge in [-0.05, 0) is 105 Å². The Bertz CT molecular complexity index is 1520. The zero-order valence-corrected chi connectivity index (χ0v) is 23.7. The van der Waals surface area contributed by atoms with Gasteiger partial charge in [0.15, 0.2) is 0 Å². The van der Waals surface area contributed by atoms with Crippen molar-refractivity contribution in [2.24, 2.45) is 11.3 Å². The van der Waals surface area contributed by atoms with Crippen LogP contribution in [0.1, 0.15) is 67.3 Å². The van der Waals surface area contributed by atoms with Gasteiger partial charge in [0.1, 0.15) is 0 Å². The average molecular weight is 574 g/mol. The van der Waals surface area contributed by atoms with Crippen molar-refractivity contribution >= 4 is 37.3 Å². The molecule has 0 aromatic heterocycles. The maximum Gasteiger partial charge on any atom is 0.258 e. The monoisotopic (exact) mass is 573 g/mol. The Morgan fingerprint density at radius 2 is 1.72 bits per heavy atom. The van der Waals surface area contributed by atoms with E-state index in [1.165, 1.54) is 25.0 Å². The van der Waals surface area contributed by atoms with E-state index in [9.17, 15) is 26.7 Å². The molecule has 210 valence electrons. The van der Waals surface area contributed by atoms with Gasteiger partial charge in [0.05, 0.1) is 17.8 Å². The van der Waals surface area contributed by atoms with Crippen molar-refractivity contribution in [1.82, 2.24) is 4.72 Å².